The fourth-order valence-corrected chi connectivity index (χ4v) is 1.73. The molecule has 0 aliphatic rings. The highest BCUT2D eigenvalue weighted by Gasteiger charge is 2.11. The van der Waals surface area contributed by atoms with Crippen LogP contribution in [0.4, 0.5) is 0 Å². The summed E-state index contributed by atoms with van der Waals surface area (Å²) >= 11 is 4.81. The number of nitrogens with zero attached hydrogens (tertiary/aromatic N) is 2. The van der Waals surface area contributed by atoms with E-state index in [4.69, 9.17) is 23.2 Å². The molecule has 1 aromatic rings. The zero-order valence-electron chi connectivity index (χ0n) is 9.93. The van der Waals surface area contributed by atoms with Gasteiger partial charge in [0, 0.05) is 18.7 Å². The molecule has 4 nitrogen and oxygen atoms in total. The van der Waals surface area contributed by atoms with E-state index in [9.17, 15) is 4.79 Å². The van der Waals surface area contributed by atoms with Crippen molar-refractivity contribution in [1.82, 2.24) is 4.57 Å². The Hall–Kier alpha value is -1.67. The molecule has 0 aliphatic heterocycles. The summed E-state index contributed by atoms with van der Waals surface area (Å²) in [5, 5.41) is 8.84. The van der Waals surface area contributed by atoms with Crippen LogP contribution in [0.25, 0.3) is 0 Å². The summed E-state index contributed by atoms with van der Waals surface area (Å²) in [6.45, 7) is 4.42. The van der Waals surface area contributed by atoms with Crippen LogP contribution in [-0.2, 0) is 6.54 Å². The second-order valence-corrected chi connectivity index (χ2v) is 4.64. The molecule has 0 radical (unpaired) electrons. The quantitative estimate of drug-likeness (QED) is 0.821. The van der Waals surface area contributed by atoms with Gasteiger partial charge in [-0.3, -0.25) is 4.79 Å². The van der Waals surface area contributed by atoms with Crippen LogP contribution >= 0.6 is 12.2 Å². The molecule has 90 valence electrons. The summed E-state index contributed by atoms with van der Waals surface area (Å²) in [4.78, 5) is 12.4. The van der Waals surface area contributed by atoms with Gasteiger partial charge in [-0.25, -0.2) is 0 Å². The second kappa shape index (κ2) is 5.60. The van der Waals surface area contributed by atoms with Gasteiger partial charge in [-0.05, 0) is 18.1 Å². The number of thiocarbonyl (C=S) groups is 1. The predicted octanol–water partition coefficient (Wildman–Crippen LogP) is 1.52. The maximum Gasteiger partial charge on any atom is 0.268 e. The first kappa shape index (κ1) is 13.4. The minimum absolute atomic E-state index is 0.150. The molecule has 0 unspecified atom stereocenters. The van der Waals surface area contributed by atoms with Gasteiger partial charge in [-0.1, -0.05) is 26.1 Å². The lowest BCUT2D eigenvalue weighted by Crippen LogP contribution is -2.28. The lowest BCUT2D eigenvalue weighted by atomic mass is 10.1. The van der Waals surface area contributed by atoms with E-state index in [-0.39, 0.29) is 17.0 Å². The number of nitriles is 1. The van der Waals surface area contributed by atoms with E-state index in [2.05, 4.69) is 0 Å². The summed E-state index contributed by atoms with van der Waals surface area (Å²) in [6.07, 6.45) is 0.462. The van der Waals surface area contributed by atoms with E-state index in [1.54, 1.807) is 10.6 Å². The van der Waals surface area contributed by atoms with Crippen LogP contribution < -0.4 is 11.3 Å². The van der Waals surface area contributed by atoms with Crippen molar-refractivity contribution in [3.63, 3.8) is 0 Å². The van der Waals surface area contributed by atoms with E-state index >= 15 is 0 Å². The van der Waals surface area contributed by atoms with E-state index in [1.807, 2.05) is 26.0 Å². The van der Waals surface area contributed by atoms with Crippen molar-refractivity contribution in [2.24, 2.45) is 5.73 Å². The zero-order chi connectivity index (χ0) is 13.0. The van der Waals surface area contributed by atoms with Gasteiger partial charge < -0.3 is 10.3 Å². The Kier molecular flexibility index (Phi) is 4.41. The van der Waals surface area contributed by atoms with Crippen molar-refractivity contribution in [3.8, 4) is 6.07 Å². The van der Waals surface area contributed by atoms with Crippen LogP contribution in [0.1, 0.15) is 37.4 Å². The third-order valence-corrected chi connectivity index (χ3v) is 2.71. The van der Waals surface area contributed by atoms with E-state index < -0.39 is 0 Å². The first-order valence-corrected chi connectivity index (χ1v) is 5.80. The first-order valence-electron chi connectivity index (χ1n) is 5.39. The van der Waals surface area contributed by atoms with Gasteiger partial charge in [-0.2, -0.15) is 5.26 Å². The van der Waals surface area contributed by atoms with Crippen molar-refractivity contribution in [3.05, 3.63) is 33.7 Å². The molecule has 0 aromatic carbocycles. The zero-order valence-corrected chi connectivity index (χ0v) is 10.8. The van der Waals surface area contributed by atoms with Gasteiger partial charge >= 0.3 is 0 Å². The average Bonchev–Trinajstić information content (AvgIpc) is 2.26. The van der Waals surface area contributed by atoms with Crippen LogP contribution in [-0.4, -0.2) is 9.56 Å². The normalized spacial score (nSPS) is 10.2. The van der Waals surface area contributed by atoms with Gasteiger partial charge in [0.15, 0.2) is 0 Å². The standard InChI is InChI=1S/C12H15N3OS/c1-8(2)10-4-3-9(7-13)12(16)15(10)6-5-11(14)17/h3-4,8H,5-6H2,1-2H3,(H2,14,17). The molecule has 0 saturated carbocycles. The molecule has 0 atom stereocenters. The van der Waals surface area contributed by atoms with Crippen LogP contribution in [0.3, 0.4) is 0 Å². The fourth-order valence-electron chi connectivity index (χ4n) is 1.63. The molecule has 0 amide bonds. The fraction of sp³-hybridized carbons (Fsp3) is 0.417. The highest BCUT2D eigenvalue weighted by molar-refractivity contribution is 7.80. The summed E-state index contributed by atoms with van der Waals surface area (Å²) in [6, 6.07) is 5.27. The van der Waals surface area contributed by atoms with Crippen LogP contribution in [0.2, 0.25) is 0 Å². The maximum atomic E-state index is 12.0. The third-order valence-electron chi connectivity index (χ3n) is 2.50. The van der Waals surface area contributed by atoms with Crippen molar-refractivity contribution in [2.45, 2.75) is 32.7 Å². The second-order valence-electron chi connectivity index (χ2n) is 4.11. The number of hydrogen-bond donors (Lipinski definition) is 1. The summed E-state index contributed by atoms with van der Waals surface area (Å²) < 4.78 is 1.59. The molecule has 2 N–H and O–H groups in total. The summed E-state index contributed by atoms with van der Waals surface area (Å²) in [7, 11) is 0. The highest BCUT2D eigenvalue weighted by Crippen LogP contribution is 2.13. The first-order chi connectivity index (χ1) is 7.97. The van der Waals surface area contributed by atoms with Crippen molar-refractivity contribution in [2.75, 3.05) is 0 Å². The van der Waals surface area contributed by atoms with E-state index in [1.165, 1.54) is 0 Å². The summed E-state index contributed by atoms with van der Waals surface area (Å²) in [5.74, 6) is 0.210. The van der Waals surface area contributed by atoms with Gasteiger partial charge in [-0.15, -0.1) is 0 Å². The highest BCUT2D eigenvalue weighted by atomic mass is 32.1. The molecule has 1 rings (SSSR count). The van der Waals surface area contributed by atoms with Gasteiger partial charge in [0.1, 0.15) is 11.6 Å². The molecule has 0 saturated heterocycles. The molecule has 0 fully saturated rings. The smallest absolute Gasteiger partial charge is 0.268 e. The van der Waals surface area contributed by atoms with Crippen LogP contribution in [0, 0.1) is 11.3 Å². The molecule has 0 spiro atoms. The molecule has 1 heterocycles. The average molecular weight is 249 g/mol. The van der Waals surface area contributed by atoms with Crippen molar-refractivity contribution >= 4 is 17.2 Å². The predicted molar refractivity (Wildman–Crippen MR) is 70.9 cm³/mol. The number of pyridine rings is 1. The van der Waals surface area contributed by atoms with Gasteiger partial charge in [0.05, 0.1) is 4.99 Å². The van der Waals surface area contributed by atoms with Gasteiger partial charge in [0.2, 0.25) is 0 Å². The molecular formula is C12H15N3OS. The topological polar surface area (TPSA) is 71.8 Å². The van der Waals surface area contributed by atoms with Crippen molar-refractivity contribution < 1.29 is 0 Å². The SMILES string of the molecule is CC(C)c1ccc(C#N)c(=O)n1CCC(N)=S. The van der Waals surface area contributed by atoms with E-state index in [0.717, 1.165) is 5.69 Å². The van der Waals surface area contributed by atoms with E-state index in [0.29, 0.717) is 18.0 Å². The maximum absolute atomic E-state index is 12.0. The Labute approximate surface area is 106 Å². The number of hydrogen-bond acceptors (Lipinski definition) is 3. The van der Waals surface area contributed by atoms with Crippen LogP contribution in [0.5, 0.6) is 0 Å². The lowest BCUT2D eigenvalue weighted by molar-refractivity contribution is 0.620. The third kappa shape index (κ3) is 3.14. The Morgan fingerprint density at radius 1 is 1.59 bits per heavy atom. The number of aromatic nitrogens is 1. The Morgan fingerprint density at radius 3 is 2.71 bits per heavy atom. The number of rotatable bonds is 4. The molecular weight excluding hydrogens is 234 g/mol. The largest absolute Gasteiger partial charge is 0.393 e. The van der Waals surface area contributed by atoms with Crippen LogP contribution in [0.15, 0.2) is 16.9 Å². The lowest BCUT2D eigenvalue weighted by Gasteiger charge is -2.15. The molecule has 17 heavy (non-hydrogen) atoms. The monoisotopic (exact) mass is 249 g/mol. The molecule has 1 aromatic heterocycles. The molecule has 5 heteroatoms. The Morgan fingerprint density at radius 2 is 2.24 bits per heavy atom. The van der Waals surface area contributed by atoms with Gasteiger partial charge in [0.25, 0.3) is 5.56 Å². The Bertz CT molecular complexity index is 526. The Balaban J connectivity index is 3.26. The molecule has 0 bridgehead atoms. The minimum atomic E-state index is -0.269. The summed E-state index contributed by atoms with van der Waals surface area (Å²) in [5.41, 5.74) is 6.21. The number of nitrogens with two attached hydrogens (primary N) is 1. The minimum Gasteiger partial charge on any atom is -0.393 e. The van der Waals surface area contributed by atoms with Crippen molar-refractivity contribution in [1.29, 1.82) is 5.26 Å². The molecule has 0 aliphatic carbocycles.